The van der Waals surface area contributed by atoms with Gasteiger partial charge in [0.05, 0.1) is 33.3 Å². The molecule has 0 atom stereocenters. The van der Waals surface area contributed by atoms with Crippen molar-refractivity contribution in [2.45, 2.75) is 0 Å². The summed E-state index contributed by atoms with van der Waals surface area (Å²) < 4.78 is 4.63. The Morgan fingerprint density at radius 1 is 0.346 bits per heavy atom. The Bertz CT molecular complexity index is 3160. The maximum Gasteiger partial charge on any atom is 0.235 e. The van der Waals surface area contributed by atoms with Crippen molar-refractivity contribution in [2.75, 3.05) is 0 Å². The Kier molecular flexibility index (Phi) is 6.22. The third-order valence-electron chi connectivity index (χ3n) is 10.5. The summed E-state index contributed by atoms with van der Waals surface area (Å²) in [6.07, 6.45) is 0. The molecule has 0 N–H and O–H groups in total. The fraction of sp³-hybridized carbons (Fsp3) is 0. The first-order valence-corrected chi connectivity index (χ1v) is 17.7. The van der Waals surface area contributed by atoms with Crippen molar-refractivity contribution >= 4 is 65.3 Å². The van der Waals surface area contributed by atoms with Crippen LogP contribution in [0.5, 0.6) is 0 Å². The Balaban J connectivity index is 1.15. The third kappa shape index (κ3) is 4.28. The first-order valence-electron chi connectivity index (χ1n) is 17.7. The van der Waals surface area contributed by atoms with E-state index in [9.17, 15) is 0 Å². The monoisotopic (exact) mass is 662 g/mol. The van der Waals surface area contributed by atoms with Gasteiger partial charge in [0.25, 0.3) is 0 Å². The van der Waals surface area contributed by atoms with Gasteiger partial charge in [0.15, 0.2) is 0 Å². The quantitative estimate of drug-likeness (QED) is 0.188. The van der Waals surface area contributed by atoms with E-state index in [1.807, 2.05) is 0 Å². The van der Waals surface area contributed by atoms with E-state index in [4.69, 9.17) is 9.97 Å². The Morgan fingerprint density at radius 3 is 1.65 bits per heavy atom. The molecule has 0 aliphatic rings. The molecule has 52 heavy (non-hydrogen) atoms. The summed E-state index contributed by atoms with van der Waals surface area (Å²) in [7, 11) is 0. The van der Waals surface area contributed by atoms with Gasteiger partial charge in [-0.15, -0.1) is 0 Å². The van der Waals surface area contributed by atoms with Crippen molar-refractivity contribution in [3.8, 4) is 34.0 Å². The molecule has 0 fully saturated rings. The third-order valence-corrected chi connectivity index (χ3v) is 10.5. The molecule has 3 heterocycles. The van der Waals surface area contributed by atoms with Gasteiger partial charge in [-0.05, 0) is 64.4 Å². The van der Waals surface area contributed by atoms with Crippen LogP contribution in [0.15, 0.2) is 182 Å². The molecular weight excluding hydrogens is 633 g/mol. The number of rotatable bonds is 4. The molecule has 4 nitrogen and oxygen atoms in total. The molecule has 0 radical (unpaired) electrons. The van der Waals surface area contributed by atoms with Crippen LogP contribution in [0, 0.1) is 0 Å². The number of hydrogen-bond acceptors (Lipinski definition) is 2. The van der Waals surface area contributed by atoms with Gasteiger partial charge in [0.1, 0.15) is 0 Å². The summed E-state index contributed by atoms with van der Waals surface area (Å²) in [6.45, 7) is 0. The van der Waals surface area contributed by atoms with Gasteiger partial charge in [-0.3, -0.25) is 4.57 Å². The summed E-state index contributed by atoms with van der Waals surface area (Å²) in [5.41, 5.74) is 10.9. The van der Waals surface area contributed by atoms with Crippen molar-refractivity contribution in [3.05, 3.63) is 182 Å². The van der Waals surface area contributed by atoms with Crippen molar-refractivity contribution < 1.29 is 0 Å². The van der Waals surface area contributed by atoms with Crippen LogP contribution in [0.1, 0.15) is 0 Å². The minimum Gasteiger partial charge on any atom is -0.309 e. The number of benzene rings is 8. The Labute approximate surface area is 299 Å². The minimum atomic E-state index is 0.657. The molecule has 0 saturated carbocycles. The van der Waals surface area contributed by atoms with E-state index in [-0.39, 0.29) is 0 Å². The topological polar surface area (TPSA) is 35.6 Å². The fourth-order valence-corrected chi connectivity index (χ4v) is 8.17. The number of nitrogens with zero attached hydrogens (tertiary/aromatic N) is 4. The molecule has 242 valence electrons. The van der Waals surface area contributed by atoms with E-state index in [0.29, 0.717) is 5.95 Å². The summed E-state index contributed by atoms with van der Waals surface area (Å²) in [6, 6.07) is 64.9. The smallest absolute Gasteiger partial charge is 0.235 e. The van der Waals surface area contributed by atoms with Crippen LogP contribution in [0.4, 0.5) is 0 Å². The molecule has 0 aliphatic heterocycles. The Morgan fingerprint density at radius 2 is 0.904 bits per heavy atom. The van der Waals surface area contributed by atoms with Gasteiger partial charge in [-0.2, -0.15) is 0 Å². The van der Waals surface area contributed by atoms with Gasteiger partial charge in [-0.25, -0.2) is 9.97 Å². The molecule has 4 heteroatoms. The van der Waals surface area contributed by atoms with Gasteiger partial charge in [-0.1, -0.05) is 140 Å². The number of para-hydroxylation sites is 4. The molecule has 8 aromatic carbocycles. The van der Waals surface area contributed by atoms with E-state index in [1.165, 1.54) is 54.5 Å². The highest BCUT2D eigenvalue weighted by Crippen LogP contribution is 2.40. The van der Waals surface area contributed by atoms with Crippen molar-refractivity contribution in [1.29, 1.82) is 0 Å². The van der Waals surface area contributed by atoms with Gasteiger partial charge < -0.3 is 4.57 Å². The highest BCUT2D eigenvalue weighted by Gasteiger charge is 2.20. The normalized spacial score (nSPS) is 11.8. The van der Waals surface area contributed by atoms with Gasteiger partial charge in [0, 0.05) is 38.2 Å². The molecule has 0 unspecified atom stereocenters. The van der Waals surface area contributed by atoms with Crippen molar-refractivity contribution in [1.82, 2.24) is 19.1 Å². The lowest BCUT2D eigenvalue weighted by Crippen LogP contribution is -2.03. The molecule has 11 aromatic rings. The lowest BCUT2D eigenvalue weighted by Gasteiger charge is -2.13. The number of aromatic nitrogens is 4. The SMILES string of the molecule is c1ccc(-n2c3ccccc3c3cc4c(cc32)c2ccccc2n4-c2nc(-c3ccc(-c4cccc5ccccc45)cc3)c3ccccc3n2)cc1. The number of fused-ring (bicyclic) bond motifs is 8. The molecule has 0 aliphatic carbocycles. The van der Waals surface area contributed by atoms with Crippen LogP contribution < -0.4 is 0 Å². The predicted octanol–water partition coefficient (Wildman–Crippen LogP) is 12.3. The molecule has 0 saturated heterocycles. The average molecular weight is 663 g/mol. The summed E-state index contributed by atoms with van der Waals surface area (Å²) in [5.74, 6) is 0.657. The van der Waals surface area contributed by atoms with Crippen LogP contribution in [0.2, 0.25) is 0 Å². The molecule has 0 spiro atoms. The zero-order valence-electron chi connectivity index (χ0n) is 28.1. The molecular formula is C48H30N4. The standard InChI is InChI=1S/C48H30N4/c1-2-15-34(16-3-1)51-43-23-10-7-18-37(43)40-30-46-41(29-45(40)51)38-19-8-11-24-44(38)52(46)48-49-42-22-9-6-20-39(42)47(50-48)33-27-25-32(26-28-33)36-21-12-14-31-13-4-5-17-35(31)36/h1-30H. The fourth-order valence-electron chi connectivity index (χ4n) is 8.17. The highest BCUT2D eigenvalue weighted by molar-refractivity contribution is 6.19. The van der Waals surface area contributed by atoms with Crippen molar-refractivity contribution in [3.63, 3.8) is 0 Å². The first kappa shape index (κ1) is 28.8. The predicted molar refractivity (Wildman–Crippen MR) is 217 cm³/mol. The summed E-state index contributed by atoms with van der Waals surface area (Å²) in [5, 5.41) is 8.26. The van der Waals surface area contributed by atoms with Crippen LogP contribution in [-0.2, 0) is 0 Å². The first-order chi connectivity index (χ1) is 25.8. The van der Waals surface area contributed by atoms with Crippen LogP contribution in [0.25, 0.3) is 99.3 Å². The van der Waals surface area contributed by atoms with E-state index in [0.717, 1.165) is 38.9 Å². The molecule has 11 rings (SSSR count). The number of hydrogen-bond donors (Lipinski definition) is 0. The van der Waals surface area contributed by atoms with E-state index in [1.54, 1.807) is 0 Å². The maximum absolute atomic E-state index is 5.41. The van der Waals surface area contributed by atoms with Gasteiger partial charge >= 0.3 is 0 Å². The maximum atomic E-state index is 5.41. The largest absolute Gasteiger partial charge is 0.309 e. The summed E-state index contributed by atoms with van der Waals surface area (Å²) >= 11 is 0. The second kappa shape index (κ2) is 11.2. The Hall–Kier alpha value is -7.04. The zero-order chi connectivity index (χ0) is 34.2. The van der Waals surface area contributed by atoms with E-state index in [2.05, 4.69) is 191 Å². The lowest BCUT2D eigenvalue weighted by atomic mass is 9.96. The minimum absolute atomic E-state index is 0.657. The average Bonchev–Trinajstić information content (AvgIpc) is 3.72. The highest BCUT2D eigenvalue weighted by atomic mass is 15.2. The molecule has 0 bridgehead atoms. The second-order valence-corrected chi connectivity index (χ2v) is 13.4. The van der Waals surface area contributed by atoms with Crippen LogP contribution >= 0.6 is 0 Å². The van der Waals surface area contributed by atoms with E-state index >= 15 is 0 Å². The van der Waals surface area contributed by atoms with Crippen LogP contribution in [-0.4, -0.2) is 19.1 Å². The van der Waals surface area contributed by atoms with Gasteiger partial charge in [0.2, 0.25) is 5.95 Å². The van der Waals surface area contributed by atoms with Crippen molar-refractivity contribution in [2.24, 2.45) is 0 Å². The lowest BCUT2D eigenvalue weighted by molar-refractivity contribution is 1.01. The van der Waals surface area contributed by atoms with E-state index < -0.39 is 0 Å². The summed E-state index contributed by atoms with van der Waals surface area (Å²) in [4.78, 5) is 10.7. The molecule has 0 amide bonds. The zero-order valence-corrected chi connectivity index (χ0v) is 28.1. The second-order valence-electron chi connectivity index (χ2n) is 13.4. The van der Waals surface area contributed by atoms with Crippen LogP contribution in [0.3, 0.4) is 0 Å². The molecule has 3 aromatic heterocycles.